The lowest BCUT2D eigenvalue weighted by atomic mass is 9.97. The van der Waals surface area contributed by atoms with E-state index in [9.17, 15) is 13.5 Å². The van der Waals surface area contributed by atoms with E-state index in [0.717, 1.165) is 32.4 Å². The minimum absolute atomic E-state index is 0.0947. The summed E-state index contributed by atoms with van der Waals surface area (Å²) >= 11 is 0. The van der Waals surface area contributed by atoms with E-state index in [4.69, 9.17) is 4.74 Å². The zero-order valence-corrected chi connectivity index (χ0v) is 21.1. The van der Waals surface area contributed by atoms with Gasteiger partial charge in [-0.05, 0) is 63.3 Å². The predicted octanol–water partition coefficient (Wildman–Crippen LogP) is 2.69. The summed E-state index contributed by atoms with van der Waals surface area (Å²) in [5, 5.41) is 10.8. The molecule has 2 N–H and O–H groups in total. The van der Waals surface area contributed by atoms with E-state index >= 15 is 0 Å². The van der Waals surface area contributed by atoms with Crippen molar-refractivity contribution in [2.45, 2.75) is 62.9 Å². The van der Waals surface area contributed by atoms with Crippen molar-refractivity contribution in [3.05, 3.63) is 42.1 Å². The number of anilines is 2. The Labute approximate surface area is 202 Å². The first-order valence-electron chi connectivity index (χ1n) is 11.8. The molecule has 0 aliphatic carbocycles. The van der Waals surface area contributed by atoms with Crippen LogP contribution < -0.4 is 14.5 Å². The molecule has 10 heteroatoms. The second-order valence-electron chi connectivity index (χ2n) is 9.95. The second-order valence-corrected chi connectivity index (χ2v) is 11.6. The smallest absolute Gasteiger partial charge is 0.260 e. The SMILES string of the molecule is COC1CCCN(c2cccc(S(=O)(=O)NC(O)c3cccnc3N3CC(C)CC3(C)C)n2)C1. The van der Waals surface area contributed by atoms with Gasteiger partial charge in [0.25, 0.3) is 10.0 Å². The van der Waals surface area contributed by atoms with E-state index in [0.29, 0.717) is 29.7 Å². The molecule has 9 nitrogen and oxygen atoms in total. The van der Waals surface area contributed by atoms with Crippen LogP contribution in [0, 0.1) is 5.92 Å². The highest BCUT2D eigenvalue weighted by Crippen LogP contribution is 2.38. The number of aromatic nitrogens is 2. The Kier molecular flexibility index (Phi) is 7.14. The Hall–Kier alpha value is -2.27. The van der Waals surface area contributed by atoms with E-state index in [1.165, 1.54) is 6.07 Å². The van der Waals surface area contributed by atoms with E-state index in [1.807, 2.05) is 4.90 Å². The van der Waals surface area contributed by atoms with Gasteiger partial charge in [0.05, 0.1) is 6.10 Å². The van der Waals surface area contributed by atoms with Crippen LogP contribution in [0.3, 0.4) is 0 Å². The number of ether oxygens (including phenoxy) is 1. The Morgan fingerprint density at radius 1 is 1.24 bits per heavy atom. The van der Waals surface area contributed by atoms with Gasteiger partial charge in [0.1, 0.15) is 17.9 Å². The minimum Gasteiger partial charge on any atom is -0.380 e. The average molecular weight is 490 g/mol. The minimum atomic E-state index is -4.08. The summed E-state index contributed by atoms with van der Waals surface area (Å²) in [5.41, 5.74) is 0.272. The van der Waals surface area contributed by atoms with Gasteiger partial charge in [0, 0.05) is 44.0 Å². The van der Waals surface area contributed by atoms with E-state index in [1.54, 1.807) is 37.6 Å². The van der Waals surface area contributed by atoms with Gasteiger partial charge >= 0.3 is 0 Å². The number of methoxy groups -OCH3 is 1. The summed E-state index contributed by atoms with van der Waals surface area (Å²) in [4.78, 5) is 13.1. The Morgan fingerprint density at radius 2 is 2.03 bits per heavy atom. The Bertz CT molecular complexity index is 1110. The molecular formula is C24H35N5O4S. The predicted molar refractivity (Wildman–Crippen MR) is 131 cm³/mol. The third kappa shape index (κ3) is 5.19. The zero-order valence-electron chi connectivity index (χ0n) is 20.3. The van der Waals surface area contributed by atoms with Crippen LogP contribution >= 0.6 is 0 Å². The van der Waals surface area contributed by atoms with Crippen molar-refractivity contribution in [2.75, 3.05) is 36.5 Å². The fraction of sp³-hybridized carbons (Fsp3) is 0.583. The molecule has 2 aliphatic rings. The number of nitrogens with zero attached hydrogens (tertiary/aromatic N) is 4. The fourth-order valence-corrected chi connectivity index (χ4v) is 6.16. The average Bonchev–Trinajstić information content (AvgIpc) is 3.10. The van der Waals surface area contributed by atoms with Gasteiger partial charge < -0.3 is 19.6 Å². The van der Waals surface area contributed by atoms with Gasteiger partial charge in [-0.15, -0.1) is 0 Å². The van der Waals surface area contributed by atoms with Crippen LogP contribution in [-0.4, -0.2) is 61.9 Å². The first-order valence-corrected chi connectivity index (χ1v) is 13.3. The molecule has 34 heavy (non-hydrogen) atoms. The maximum Gasteiger partial charge on any atom is 0.260 e. The molecule has 4 rings (SSSR count). The molecule has 0 amide bonds. The first kappa shape index (κ1) is 24.8. The molecule has 186 valence electrons. The fourth-order valence-electron chi connectivity index (χ4n) is 5.15. The standard InChI is InChI=1S/C24H35N5O4S/c1-17-14-24(2,3)29(15-17)22-19(9-6-12-25-22)23(30)27-34(31,32)21-11-5-10-20(26-21)28-13-7-8-18(16-28)33-4/h5-6,9-12,17-18,23,27,30H,7-8,13-16H2,1-4H3. The highest BCUT2D eigenvalue weighted by molar-refractivity contribution is 7.89. The molecule has 0 aromatic carbocycles. The highest BCUT2D eigenvalue weighted by Gasteiger charge is 2.39. The lowest BCUT2D eigenvalue weighted by molar-refractivity contribution is 0.0891. The van der Waals surface area contributed by atoms with E-state index in [-0.39, 0.29) is 16.7 Å². The topological polar surface area (TPSA) is 108 Å². The van der Waals surface area contributed by atoms with Gasteiger partial charge in [0.15, 0.2) is 5.03 Å². The molecule has 2 aromatic rings. The van der Waals surface area contributed by atoms with Crippen LogP contribution in [0.2, 0.25) is 0 Å². The summed E-state index contributed by atoms with van der Waals surface area (Å²) in [7, 11) is -2.40. The number of hydrogen-bond donors (Lipinski definition) is 2. The highest BCUT2D eigenvalue weighted by atomic mass is 32.2. The number of aliphatic hydroxyl groups is 1. The van der Waals surface area contributed by atoms with Crippen molar-refractivity contribution in [3.63, 3.8) is 0 Å². The second kappa shape index (κ2) is 9.77. The van der Waals surface area contributed by atoms with Crippen LogP contribution in [0.4, 0.5) is 11.6 Å². The molecular weight excluding hydrogens is 454 g/mol. The molecule has 0 radical (unpaired) electrons. The Morgan fingerprint density at radius 3 is 2.74 bits per heavy atom. The Balaban J connectivity index is 1.56. The van der Waals surface area contributed by atoms with E-state index < -0.39 is 16.3 Å². The van der Waals surface area contributed by atoms with Crippen molar-refractivity contribution in [3.8, 4) is 0 Å². The molecule has 3 unspecified atom stereocenters. The van der Waals surface area contributed by atoms with Crippen LogP contribution in [0.25, 0.3) is 0 Å². The molecule has 3 atom stereocenters. The van der Waals surface area contributed by atoms with Crippen LogP contribution in [0.5, 0.6) is 0 Å². The molecule has 2 aliphatic heterocycles. The van der Waals surface area contributed by atoms with Gasteiger partial charge in [-0.3, -0.25) is 0 Å². The normalized spacial score (nSPS) is 23.8. The van der Waals surface area contributed by atoms with Crippen molar-refractivity contribution in [1.82, 2.24) is 14.7 Å². The lowest BCUT2D eigenvalue weighted by Crippen LogP contribution is -2.40. The summed E-state index contributed by atoms with van der Waals surface area (Å²) in [5.74, 6) is 1.64. The number of hydrogen-bond acceptors (Lipinski definition) is 8. The van der Waals surface area contributed by atoms with Crippen LogP contribution in [0.15, 0.2) is 41.6 Å². The molecule has 0 saturated carbocycles. The lowest BCUT2D eigenvalue weighted by Gasteiger charge is -2.34. The molecule has 2 saturated heterocycles. The summed E-state index contributed by atoms with van der Waals surface area (Å²) in [6.07, 6.45) is 3.20. The molecule has 0 spiro atoms. The van der Waals surface area contributed by atoms with Gasteiger partial charge in [-0.2, -0.15) is 4.72 Å². The maximum absolute atomic E-state index is 13.2. The molecule has 4 heterocycles. The third-order valence-electron chi connectivity index (χ3n) is 6.73. The number of rotatable bonds is 7. The number of piperidine rings is 1. The number of aliphatic hydroxyl groups excluding tert-OH is 1. The molecule has 2 aromatic heterocycles. The largest absolute Gasteiger partial charge is 0.380 e. The van der Waals surface area contributed by atoms with Crippen molar-refractivity contribution in [2.24, 2.45) is 5.92 Å². The summed E-state index contributed by atoms with van der Waals surface area (Å²) < 4.78 is 34.2. The van der Waals surface area contributed by atoms with Crippen LogP contribution in [0.1, 0.15) is 51.8 Å². The molecule has 2 fully saturated rings. The summed E-state index contributed by atoms with van der Waals surface area (Å²) in [6, 6.07) is 8.31. The number of sulfonamides is 1. The van der Waals surface area contributed by atoms with E-state index in [2.05, 4.69) is 40.4 Å². The first-order chi connectivity index (χ1) is 16.1. The zero-order chi connectivity index (χ0) is 24.5. The number of pyridine rings is 2. The van der Waals surface area contributed by atoms with Gasteiger partial charge in [-0.25, -0.2) is 18.4 Å². The van der Waals surface area contributed by atoms with Gasteiger partial charge in [0.2, 0.25) is 0 Å². The van der Waals surface area contributed by atoms with Crippen LogP contribution in [-0.2, 0) is 14.8 Å². The molecule has 0 bridgehead atoms. The van der Waals surface area contributed by atoms with Crippen molar-refractivity contribution in [1.29, 1.82) is 0 Å². The maximum atomic E-state index is 13.2. The van der Waals surface area contributed by atoms with Crippen molar-refractivity contribution >= 4 is 21.7 Å². The third-order valence-corrected chi connectivity index (χ3v) is 8.04. The van der Waals surface area contributed by atoms with Crippen molar-refractivity contribution < 1.29 is 18.3 Å². The monoisotopic (exact) mass is 489 g/mol. The quantitative estimate of drug-likeness (QED) is 0.572. The number of nitrogens with one attached hydrogen (secondary N) is 1. The van der Waals surface area contributed by atoms with Gasteiger partial charge in [-0.1, -0.05) is 13.0 Å². The summed E-state index contributed by atoms with van der Waals surface area (Å²) in [6.45, 7) is 8.69.